The molecule has 1 saturated carbocycles. The van der Waals surface area contributed by atoms with Crippen molar-refractivity contribution in [1.82, 2.24) is 5.32 Å². The van der Waals surface area contributed by atoms with E-state index in [2.05, 4.69) is 17.4 Å². The summed E-state index contributed by atoms with van der Waals surface area (Å²) in [6, 6.07) is 12.1. The van der Waals surface area contributed by atoms with E-state index < -0.39 is 11.5 Å². The van der Waals surface area contributed by atoms with E-state index in [1.807, 2.05) is 19.2 Å². The fourth-order valence-electron chi connectivity index (χ4n) is 5.16. The van der Waals surface area contributed by atoms with E-state index in [0.29, 0.717) is 24.6 Å². The average Bonchev–Trinajstić information content (AvgIpc) is 2.85. The van der Waals surface area contributed by atoms with Crippen molar-refractivity contribution in [1.29, 1.82) is 0 Å². The number of hydrogen-bond donors (Lipinski definition) is 2. The van der Waals surface area contributed by atoms with Crippen molar-refractivity contribution in [3.8, 4) is 0 Å². The first-order valence-corrected chi connectivity index (χ1v) is 12.6. The Morgan fingerprint density at radius 3 is 2.51 bits per heavy atom. The third-order valence-electron chi connectivity index (χ3n) is 7.33. The highest BCUT2D eigenvalue weighted by Gasteiger charge is 2.39. The number of amides is 2. The number of carboxylic acids is 1. The summed E-state index contributed by atoms with van der Waals surface area (Å²) < 4.78 is 5.35. The van der Waals surface area contributed by atoms with E-state index in [4.69, 9.17) is 16.3 Å². The number of urea groups is 1. The minimum atomic E-state index is -1.01. The SMILES string of the molecule is COCCC1=CN(c2ccc(C(=O)O)cc2)C(=O)N[C@@]1(C)c1ccc(CC2CCCCC2)c(Cl)c1. The molecule has 0 spiro atoms. The molecule has 1 fully saturated rings. The van der Waals surface area contributed by atoms with E-state index >= 15 is 0 Å². The van der Waals surface area contributed by atoms with E-state index in [-0.39, 0.29) is 11.6 Å². The molecule has 35 heavy (non-hydrogen) atoms. The van der Waals surface area contributed by atoms with Gasteiger partial charge in [-0.25, -0.2) is 9.59 Å². The lowest BCUT2D eigenvalue weighted by molar-refractivity contribution is 0.0697. The number of benzene rings is 2. The molecule has 0 radical (unpaired) electrons. The smallest absolute Gasteiger partial charge is 0.335 e. The van der Waals surface area contributed by atoms with Gasteiger partial charge in [0.15, 0.2) is 0 Å². The summed E-state index contributed by atoms with van der Waals surface area (Å²) in [4.78, 5) is 25.9. The molecule has 2 amide bonds. The number of carbonyl (C=O) groups is 2. The normalized spacial score (nSPS) is 20.9. The Balaban J connectivity index is 1.64. The number of methoxy groups -OCH3 is 1. The summed E-state index contributed by atoms with van der Waals surface area (Å²) in [5.74, 6) is -0.317. The van der Waals surface area contributed by atoms with Crippen LogP contribution in [0.5, 0.6) is 0 Å². The Kier molecular flexibility index (Phi) is 7.82. The van der Waals surface area contributed by atoms with Gasteiger partial charge < -0.3 is 15.2 Å². The lowest BCUT2D eigenvalue weighted by Gasteiger charge is -2.41. The molecule has 0 bridgehead atoms. The number of ether oxygens (including phenoxy) is 1. The highest BCUT2D eigenvalue weighted by Crippen LogP contribution is 2.38. The summed E-state index contributed by atoms with van der Waals surface area (Å²) >= 11 is 6.77. The Morgan fingerprint density at radius 2 is 1.89 bits per heavy atom. The molecule has 1 aliphatic carbocycles. The summed E-state index contributed by atoms with van der Waals surface area (Å²) in [6.45, 7) is 2.49. The van der Waals surface area contributed by atoms with Gasteiger partial charge >= 0.3 is 12.0 Å². The first kappa shape index (κ1) is 25.3. The predicted octanol–water partition coefficient (Wildman–Crippen LogP) is 6.53. The van der Waals surface area contributed by atoms with E-state index in [0.717, 1.165) is 28.1 Å². The number of halogens is 1. The fourth-order valence-corrected chi connectivity index (χ4v) is 5.42. The summed E-state index contributed by atoms with van der Waals surface area (Å²) in [5.41, 5.74) is 3.06. The number of carboxylic acid groups (broad SMARTS) is 1. The van der Waals surface area contributed by atoms with Gasteiger partial charge in [-0.15, -0.1) is 0 Å². The molecule has 0 saturated heterocycles. The van der Waals surface area contributed by atoms with Crippen molar-refractivity contribution in [3.63, 3.8) is 0 Å². The Hall–Kier alpha value is -2.83. The van der Waals surface area contributed by atoms with Crippen molar-refractivity contribution in [2.24, 2.45) is 5.92 Å². The molecule has 0 aromatic heterocycles. The lowest BCUT2D eigenvalue weighted by Crippen LogP contribution is -2.54. The van der Waals surface area contributed by atoms with Crippen LogP contribution in [0.2, 0.25) is 5.02 Å². The van der Waals surface area contributed by atoms with E-state index in [1.54, 1.807) is 19.2 Å². The molecule has 1 atom stereocenters. The van der Waals surface area contributed by atoms with Crippen LogP contribution >= 0.6 is 11.6 Å². The molecule has 6 nitrogen and oxygen atoms in total. The van der Waals surface area contributed by atoms with Crippen LogP contribution in [0, 0.1) is 5.92 Å². The summed E-state index contributed by atoms with van der Waals surface area (Å²) in [7, 11) is 1.65. The maximum absolute atomic E-state index is 13.2. The van der Waals surface area contributed by atoms with Crippen molar-refractivity contribution in [2.45, 2.75) is 57.4 Å². The molecule has 186 valence electrons. The van der Waals surface area contributed by atoms with Crippen molar-refractivity contribution < 1.29 is 19.4 Å². The Morgan fingerprint density at radius 1 is 1.17 bits per heavy atom. The van der Waals surface area contributed by atoms with Crippen LogP contribution in [0.15, 0.2) is 54.2 Å². The quantitative estimate of drug-likeness (QED) is 0.435. The second kappa shape index (κ2) is 10.8. The number of carbonyl (C=O) groups excluding carboxylic acids is 1. The third kappa shape index (κ3) is 5.54. The van der Waals surface area contributed by atoms with Crippen LogP contribution in [-0.2, 0) is 16.7 Å². The van der Waals surface area contributed by atoms with Crippen LogP contribution in [-0.4, -0.2) is 30.8 Å². The van der Waals surface area contributed by atoms with Crippen LogP contribution in [0.3, 0.4) is 0 Å². The second-order valence-corrected chi connectivity index (χ2v) is 10.1. The summed E-state index contributed by atoms with van der Waals surface area (Å²) in [6.07, 6.45) is 9.89. The third-order valence-corrected chi connectivity index (χ3v) is 7.69. The van der Waals surface area contributed by atoms with Gasteiger partial charge in [0.2, 0.25) is 0 Å². The van der Waals surface area contributed by atoms with Crippen molar-refractivity contribution in [3.05, 3.63) is 76.0 Å². The summed E-state index contributed by atoms with van der Waals surface area (Å²) in [5, 5.41) is 13.1. The Labute approximate surface area is 211 Å². The van der Waals surface area contributed by atoms with Gasteiger partial charge in [0.25, 0.3) is 0 Å². The molecule has 2 N–H and O–H groups in total. The molecular weight excluding hydrogens is 464 g/mol. The van der Waals surface area contributed by atoms with Gasteiger partial charge in [-0.05, 0) is 72.7 Å². The zero-order chi connectivity index (χ0) is 25.0. The van der Waals surface area contributed by atoms with Crippen LogP contribution in [0.25, 0.3) is 0 Å². The van der Waals surface area contributed by atoms with Crippen LogP contribution in [0.1, 0.15) is 66.9 Å². The molecule has 2 aromatic carbocycles. The fraction of sp³-hybridized carbons (Fsp3) is 0.429. The Bertz CT molecular complexity index is 1110. The first-order chi connectivity index (χ1) is 16.8. The maximum atomic E-state index is 13.2. The topological polar surface area (TPSA) is 78.9 Å². The van der Waals surface area contributed by atoms with E-state index in [1.165, 1.54) is 49.1 Å². The standard InChI is InChI=1S/C28H33ClN2O4/c1-28(22-11-8-21(25(29)17-22)16-19-6-4-3-5-7-19)23(14-15-35-2)18-31(27(34)30-28)24-12-9-20(10-13-24)26(32)33/h8-13,17-19H,3-7,14-16H2,1-2H3,(H,30,34)(H,32,33)/t28-/m0/s1. The van der Waals surface area contributed by atoms with Gasteiger partial charge in [-0.3, -0.25) is 4.90 Å². The second-order valence-electron chi connectivity index (χ2n) is 9.69. The highest BCUT2D eigenvalue weighted by molar-refractivity contribution is 6.31. The number of nitrogens with zero attached hydrogens (tertiary/aromatic N) is 1. The number of nitrogens with one attached hydrogen (secondary N) is 1. The number of aromatic carboxylic acids is 1. The van der Waals surface area contributed by atoms with Gasteiger partial charge in [0, 0.05) is 18.3 Å². The molecule has 2 aromatic rings. The predicted molar refractivity (Wildman–Crippen MR) is 138 cm³/mol. The van der Waals surface area contributed by atoms with Gasteiger partial charge in [0.05, 0.1) is 23.4 Å². The monoisotopic (exact) mass is 496 g/mol. The maximum Gasteiger partial charge on any atom is 0.335 e. The molecular formula is C28H33ClN2O4. The van der Waals surface area contributed by atoms with E-state index in [9.17, 15) is 14.7 Å². The minimum Gasteiger partial charge on any atom is -0.478 e. The molecule has 1 aliphatic heterocycles. The van der Waals surface area contributed by atoms with Crippen LogP contribution in [0.4, 0.5) is 10.5 Å². The number of anilines is 1. The molecule has 7 heteroatoms. The molecule has 0 unspecified atom stereocenters. The number of hydrogen-bond acceptors (Lipinski definition) is 3. The lowest BCUT2D eigenvalue weighted by atomic mass is 9.80. The molecule has 1 heterocycles. The zero-order valence-electron chi connectivity index (χ0n) is 20.4. The van der Waals surface area contributed by atoms with Crippen LogP contribution < -0.4 is 10.2 Å². The van der Waals surface area contributed by atoms with Gasteiger partial charge in [0.1, 0.15) is 0 Å². The van der Waals surface area contributed by atoms with Gasteiger partial charge in [-0.1, -0.05) is 55.8 Å². The number of rotatable bonds is 8. The van der Waals surface area contributed by atoms with Gasteiger partial charge in [-0.2, -0.15) is 0 Å². The minimum absolute atomic E-state index is 0.169. The average molecular weight is 497 g/mol. The zero-order valence-corrected chi connectivity index (χ0v) is 21.1. The van der Waals surface area contributed by atoms with Crippen molar-refractivity contribution >= 4 is 29.3 Å². The molecule has 2 aliphatic rings. The highest BCUT2D eigenvalue weighted by atomic mass is 35.5. The largest absolute Gasteiger partial charge is 0.478 e. The van der Waals surface area contributed by atoms with Crippen molar-refractivity contribution in [2.75, 3.05) is 18.6 Å². The first-order valence-electron chi connectivity index (χ1n) is 12.3. The molecule has 4 rings (SSSR count).